The number of esters is 1. The summed E-state index contributed by atoms with van der Waals surface area (Å²) in [6.45, 7) is 15.2. The van der Waals surface area contributed by atoms with Crippen LogP contribution in [0.3, 0.4) is 0 Å². The summed E-state index contributed by atoms with van der Waals surface area (Å²) in [4.78, 5) is 12.8. The fraction of sp³-hybridized carbons (Fsp3) is 0.944. The van der Waals surface area contributed by atoms with Gasteiger partial charge in [-0.05, 0) is 24.2 Å². The Kier molecular flexibility index (Phi) is 7.72. The third-order valence-electron chi connectivity index (χ3n) is 4.87. The summed E-state index contributed by atoms with van der Waals surface area (Å²) in [6.07, 6.45) is 0.703. The average Bonchev–Trinajstić information content (AvgIpc) is 2.32. The molecule has 0 radical (unpaired) electrons. The lowest BCUT2D eigenvalue weighted by atomic mass is 9.61. The predicted molar refractivity (Wildman–Crippen MR) is 99.0 cm³/mol. The molecule has 0 N–H and O–H groups in total. The zero-order chi connectivity index (χ0) is 20.3. The molecule has 7 heteroatoms. The van der Waals surface area contributed by atoms with Gasteiger partial charge in [-0.1, -0.05) is 41.5 Å². The van der Waals surface area contributed by atoms with Crippen LogP contribution in [0.5, 0.6) is 0 Å². The van der Waals surface area contributed by atoms with E-state index in [2.05, 4.69) is 20.8 Å². The molecule has 6 nitrogen and oxygen atoms in total. The van der Waals surface area contributed by atoms with Gasteiger partial charge in [0.2, 0.25) is 0 Å². The van der Waals surface area contributed by atoms with E-state index >= 15 is 0 Å². The van der Waals surface area contributed by atoms with Gasteiger partial charge in [0.25, 0.3) is 0 Å². The monoisotopic (exact) mass is 379 g/mol. The number of ether oxygens (including phenoxy) is 1. The summed E-state index contributed by atoms with van der Waals surface area (Å²) in [6, 6.07) is 0. The van der Waals surface area contributed by atoms with Crippen molar-refractivity contribution in [2.24, 2.45) is 16.2 Å². The van der Waals surface area contributed by atoms with Gasteiger partial charge in [-0.2, -0.15) is 0 Å². The highest BCUT2D eigenvalue weighted by Crippen LogP contribution is 2.47. The summed E-state index contributed by atoms with van der Waals surface area (Å²) >= 11 is 0. The van der Waals surface area contributed by atoms with Gasteiger partial charge in [0.05, 0.1) is 31.8 Å². The highest BCUT2D eigenvalue weighted by molar-refractivity contribution is 7.85. The number of rotatable bonds is 8. The maximum Gasteiger partial charge on any atom is 0.312 e. The number of likely N-dealkylation sites (N-methyl/N-ethyl adjacent to an activating group) is 1. The summed E-state index contributed by atoms with van der Waals surface area (Å²) in [5, 5.41) is 0. The van der Waals surface area contributed by atoms with Crippen LogP contribution in [0.15, 0.2) is 0 Å². The fourth-order valence-electron chi connectivity index (χ4n) is 2.72. The van der Waals surface area contributed by atoms with Gasteiger partial charge < -0.3 is 13.8 Å². The molecule has 0 aliphatic heterocycles. The molecule has 0 saturated carbocycles. The molecular weight excluding hydrogens is 342 g/mol. The summed E-state index contributed by atoms with van der Waals surface area (Å²) < 4.78 is 38.2. The number of carbonyl (C=O) groups is 1. The van der Waals surface area contributed by atoms with E-state index in [0.717, 1.165) is 0 Å². The lowest BCUT2D eigenvalue weighted by Crippen LogP contribution is -2.48. The summed E-state index contributed by atoms with van der Waals surface area (Å²) in [5.74, 6) is -0.649. The van der Waals surface area contributed by atoms with E-state index in [-0.39, 0.29) is 30.0 Å². The maximum absolute atomic E-state index is 12.8. The molecule has 0 heterocycles. The van der Waals surface area contributed by atoms with Crippen molar-refractivity contribution in [2.45, 2.75) is 54.9 Å². The molecule has 0 aliphatic rings. The Morgan fingerprint density at radius 3 is 1.84 bits per heavy atom. The lowest BCUT2D eigenvalue weighted by Gasteiger charge is -2.43. The fourth-order valence-corrected chi connectivity index (χ4v) is 3.44. The Hall–Kier alpha value is -0.660. The van der Waals surface area contributed by atoms with Gasteiger partial charge in [-0.25, -0.2) is 8.42 Å². The highest BCUT2D eigenvalue weighted by atomic mass is 32.2. The van der Waals surface area contributed by atoms with Crippen LogP contribution in [-0.4, -0.2) is 63.0 Å². The van der Waals surface area contributed by atoms with Crippen molar-refractivity contribution >= 4 is 16.1 Å². The SMILES string of the molecule is CC(C)(C)CC(C)(C(=O)OCC[N+](C)(C)CCS(=O)(=O)[O-])C(C)(C)C. The van der Waals surface area contributed by atoms with Crippen LogP contribution in [-0.2, 0) is 19.6 Å². The van der Waals surface area contributed by atoms with Gasteiger partial charge in [0, 0.05) is 0 Å². The first-order chi connectivity index (χ1) is 10.8. The summed E-state index contributed by atoms with van der Waals surface area (Å²) in [5.41, 5.74) is -0.891. The molecule has 150 valence electrons. The summed E-state index contributed by atoms with van der Waals surface area (Å²) in [7, 11) is -0.602. The molecule has 0 spiro atoms. The Morgan fingerprint density at radius 1 is 1.00 bits per heavy atom. The second-order valence-electron chi connectivity index (χ2n) is 10.1. The molecule has 1 unspecified atom stereocenters. The standard InChI is InChI=1S/C18H37NO5S/c1-16(2,3)14-18(7,17(4,5)6)15(20)24-12-10-19(8,9)11-13-25(21,22)23/h10-14H2,1-9H3. The Bertz CT molecular complexity index is 555. The smallest absolute Gasteiger partial charge is 0.312 e. The average molecular weight is 380 g/mol. The molecule has 0 fully saturated rings. The van der Waals surface area contributed by atoms with Crippen molar-refractivity contribution < 1.29 is 27.0 Å². The Labute approximate surface area is 154 Å². The zero-order valence-corrected chi connectivity index (χ0v) is 18.2. The van der Waals surface area contributed by atoms with E-state index in [1.54, 1.807) is 0 Å². The molecule has 0 aromatic heterocycles. The van der Waals surface area contributed by atoms with E-state index in [1.807, 2.05) is 41.8 Å². The van der Waals surface area contributed by atoms with Crippen molar-refractivity contribution in [1.29, 1.82) is 0 Å². The number of nitrogens with zero attached hydrogens (tertiary/aromatic N) is 1. The van der Waals surface area contributed by atoms with Gasteiger partial charge in [-0.15, -0.1) is 0 Å². The second-order valence-corrected chi connectivity index (χ2v) is 11.6. The van der Waals surface area contributed by atoms with Crippen molar-refractivity contribution in [3.8, 4) is 0 Å². The van der Waals surface area contributed by atoms with E-state index in [9.17, 15) is 17.8 Å². The number of carbonyl (C=O) groups excluding carboxylic acids is 1. The third kappa shape index (κ3) is 9.01. The molecule has 0 amide bonds. The molecule has 0 aliphatic carbocycles. The molecule has 1 atom stereocenters. The molecular formula is C18H37NO5S. The minimum Gasteiger partial charge on any atom is -0.748 e. The Balaban J connectivity index is 4.89. The molecule has 0 aromatic carbocycles. The van der Waals surface area contributed by atoms with Gasteiger partial charge >= 0.3 is 5.97 Å². The minimum absolute atomic E-state index is 0.0150. The molecule has 0 bridgehead atoms. The van der Waals surface area contributed by atoms with Crippen molar-refractivity contribution in [1.82, 2.24) is 0 Å². The van der Waals surface area contributed by atoms with Crippen LogP contribution >= 0.6 is 0 Å². The van der Waals surface area contributed by atoms with Gasteiger partial charge in [-0.3, -0.25) is 4.79 Å². The first-order valence-corrected chi connectivity index (χ1v) is 10.3. The quantitative estimate of drug-likeness (QED) is 0.368. The van der Waals surface area contributed by atoms with E-state index in [0.29, 0.717) is 17.4 Å². The molecule has 0 rings (SSSR count). The number of hydrogen-bond acceptors (Lipinski definition) is 5. The minimum atomic E-state index is -4.23. The van der Waals surface area contributed by atoms with Crippen LogP contribution in [0, 0.1) is 16.2 Å². The molecule has 0 aromatic rings. The third-order valence-corrected chi connectivity index (χ3v) is 5.55. The van der Waals surface area contributed by atoms with E-state index in [4.69, 9.17) is 4.74 Å². The largest absolute Gasteiger partial charge is 0.748 e. The number of quaternary nitrogens is 1. The van der Waals surface area contributed by atoms with Crippen LogP contribution in [0.25, 0.3) is 0 Å². The van der Waals surface area contributed by atoms with Crippen LogP contribution in [0.4, 0.5) is 0 Å². The molecule has 0 saturated heterocycles. The van der Waals surface area contributed by atoms with Crippen molar-refractivity contribution in [3.63, 3.8) is 0 Å². The van der Waals surface area contributed by atoms with Crippen LogP contribution in [0.1, 0.15) is 54.9 Å². The first kappa shape index (κ1) is 24.3. The van der Waals surface area contributed by atoms with Gasteiger partial charge in [0.1, 0.15) is 23.3 Å². The topological polar surface area (TPSA) is 83.5 Å². The van der Waals surface area contributed by atoms with Crippen LogP contribution in [0.2, 0.25) is 0 Å². The second kappa shape index (κ2) is 7.92. The number of hydrogen-bond donors (Lipinski definition) is 0. The van der Waals surface area contributed by atoms with Crippen LogP contribution < -0.4 is 0 Å². The zero-order valence-electron chi connectivity index (χ0n) is 17.4. The Morgan fingerprint density at radius 2 is 1.48 bits per heavy atom. The highest BCUT2D eigenvalue weighted by Gasteiger charge is 2.47. The maximum atomic E-state index is 12.8. The van der Waals surface area contributed by atoms with Crippen molar-refractivity contribution in [2.75, 3.05) is 39.5 Å². The normalized spacial score (nSPS) is 16.4. The first-order valence-electron chi connectivity index (χ1n) is 8.72. The lowest BCUT2D eigenvalue weighted by molar-refractivity contribution is -0.888. The van der Waals surface area contributed by atoms with E-state index < -0.39 is 21.3 Å². The molecule has 25 heavy (non-hydrogen) atoms. The van der Waals surface area contributed by atoms with Crippen molar-refractivity contribution in [3.05, 3.63) is 0 Å². The van der Waals surface area contributed by atoms with E-state index in [1.165, 1.54) is 0 Å². The van der Waals surface area contributed by atoms with Gasteiger partial charge in [0.15, 0.2) is 0 Å². The predicted octanol–water partition coefficient (Wildman–Crippen LogP) is 2.64.